The van der Waals surface area contributed by atoms with Gasteiger partial charge in [0.05, 0.1) is 19.5 Å². The molecule has 0 bridgehead atoms. The summed E-state index contributed by atoms with van der Waals surface area (Å²) in [7, 11) is -16.3. The predicted molar refractivity (Wildman–Crippen MR) is 219 cm³/mol. The SMILES string of the molecule is CCCCCCCCCC(CC)SCCNC(=O)CCNC(=O)[C@H](O)C(C)(C)COP(=O)(O)OP(=O)(O)OC[C@H]1O[C@@H](n2cnc3c(N)ncnc32)[C@H](O)[C@@H]1OP(=O)(O)O. The van der Waals surface area contributed by atoms with Crippen molar-refractivity contribution in [3.05, 3.63) is 12.7 Å². The minimum atomic E-state index is -5.55. The van der Waals surface area contributed by atoms with E-state index in [0.717, 1.165) is 35.8 Å². The number of nitrogens with two attached hydrogens (primary N) is 1. The fourth-order valence-electron chi connectivity index (χ4n) is 6.09. The zero-order valence-corrected chi connectivity index (χ0v) is 37.6. The van der Waals surface area contributed by atoms with Gasteiger partial charge in [-0.05, 0) is 12.8 Å². The first-order valence-electron chi connectivity index (χ1n) is 19.6. The molecular weight excluding hydrogens is 875 g/mol. The Morgan fingerprint density at radius 3 is 2.32 bits per heavy atom. The van der Waals surface area contributed by atoms with Crippen LogP contribution in [0.3, 0.4) is 0 Å². The minimum absolute atomic E-state index is 0.0326. The zero-order chi connectivity index (χ0) is 44.7. The number of hydrogen-bond donors (Lipinski definition) is 9. The second-order valence-corrected chi connectivity index (χ2v) is 20.5. The lowest BCUT2D eigenvalue weighted by Crippen LogP contribution is -2.46. The number of thioether (sulfide) groups is 1. The number of nitrogens with one attached hydrogen (secondary N) is 2. The van der Waals surface area contributed by atoms with Gasteiger partial charge in [0.1, 0.15) is 36.3 Å². The van der Waals surface area contributed by atoms with Crippen molar-refractivity contribution in [1.29, 1.82) is 0 Å². The lowest BCUT2D eigenvalue weighted by atomic mass is 9.87. The highest BCUT2D eigenvalue weighted by molar-refractivity contribution is 7.99. The number of fused-ring (bicyclic) bond motifs is 1. The molecule has 1 fully saturated rings. The molecule has 1 saturated heterocycles. The number of nitrogens with zero attached hydrogens (tertiary/aromatic N) is 4. The number of phosphoric ester groups is 3. The second-order valence-electron chi connectivity index (χ2n) is 14.9. The van der Waals surface area contributed by atoms with Crippen LogP contribution in [0.15, 0.2) is 12.7 Å². The van der Waals surface area contributed by atoms with Crippen LogP contribution in [0.1, 0.15) is 98.1 Å². The second kappa shape index (κ2) is 24.1. The van der Waals surface area contributed by atoms with Crippen molar-refractivity contribution in [3.8, 4) is 0 Å². The minimum Gasteiger partial charge on any atom is -0.386 e. The lowest BCUT2D eigenvalue weighted by Gasteiger charge is -2.30. The third kappa shape index (κ3) is 17.2. The van der Waals surface area contributed by atoms with Crippen LogP contribution in [-0.4, -0.2) is 123 Å². The Morgan fingerprint density at radius 1 is 0.983 bits per heavy atom. The lowest BCUT2D eigenvalue weighted by molar-refractivity contribution is -0.137. The molecule has 0 radical (unpaired) electrons. The summed E-state index contributed by atoms with van der Waals surface area (Å²) in [6, 6.07) is 0. The number of phosphoric acid groups is 3. The quantitative estimate of drug-likeness (QED) is 0.0418. The van der Waals surface area contributed by atoms with Gasteiger partial charge in [0.15, 0.2) is 17.7 Å². The van der Waals surface area contributed by atoms with Crippen LogP contribution in [0.25, 0.3) is 11.2 Å². The number of rotatable bonds is 29. The van der Waals surface area contributed by atoms with Crippen LogP contribution in [0.4, 0.5) is 5.82 Å². The zero-order valence-electron chi connectivity index (χ0n) is 34.1. The van der Waals surface area contributed by atoms with E-state index < -0.39 is 78.6 Å². The van der Waals surface area contributed by atoms with Crippen molar-refractivity contribution >= 4 is 64.0 Å². The Hall–Kier alpha value is -2.11. The Bertz CT molecular complexity index is 1820. The van der Waals surface area contributed by atoms with Crippen molar-refractivity contribution < 1.29 is 75.7 Å². The average molecular weight is 936 g/mol. The number of ether oxygens (including phenoxy) is 1. The molecule has 2 aromatic heterocycles. The highest BCUT2D eigenvalue weighted by atomic mass is 32.2. The first kappa shape index (κ1) is 52.2. The Balaban J connectivity index is 1.42. The molecule has 23 nitrogen and oxygen atoms in total. The van der Waals surface area contributed by atoms with Crippen molar-refractivity contribution in [1.82, 2.24) is 30.2 Å². The monoisotopic (exact) mass is 935 g/mol. The van der Waals surface area contributed by atoms with E-state index in [2.05, 4.69) is 48.3 Å². The van der Waals surface area contributed by atoms with Crippen LogP contribution >= 0.6 is 35.2 Å². The van der Waals surface area contributed by atoms with Crippen LogP contribution < -0.4 is 16.4 Å². The van der Waals surface area contributed by atoms with Crippen LogP contribution in [-0.2, 0) is 45.9 Å². The van der Waals surface area contributed by atoms with Gasteiger partial charge in [-0.1, -0.05) is 72.6 Å². The van der Waals surface area contributed by atoms with Gasteiger partial charge in [-0.15, -0.1) is 0 Å². The van der Waals surface area contributed by atoms with E-state index in [1.807, 2.05) is 11.8 Å². The van der Waals surface area contributed by atoms with Crippen molar-refractivity contribution in [3.63, 3.8) is 0 Å². The molecule has 2 amide bonds. The fourth-order valence-corrected chi connectivity index (χ4v) is 10.0. The number of aliphatic hydroxyl groups is 2. The maximum atomic E-state index is 12.7. The highest BCUT2D eigenvalue weighted by Gasteiger charge is 2.50. The Kier molecular flexibility index (Phi) is 21.0. The molecule has 3 heterocycles. The smallest absolute Gasteiger partial charge is 0.386 e. The largest absolute Gasteiger partial charge is 0.481 e. The highest BCUT2D eigenvalue weighted by Crippen LogP contribution is 2.61. The number of amides is 2. The first-order valence-corrected chi connectivity index (χ1v) is 25.2. The molecule has 0 spiro atoms. The van der Waals surface area contributed by atoms with Gasteiger partial charge in [0.25, 0.3) is 0 Å². The van der Waals surface area contributed by atoms with Crippen LogP contribution in [0, 0.1) is 5.41 Å². The van der Waals surface area contributed by atoms with Gasteiger partial charge < -0.3 is 50.9 Å². The molecule has 10 N–H and O–H groups in total. The molecule has 1 aliphatic heterocycles. The summed E-state index contributed by atoms with van der Waals surface area (Å²) in [6.45, 7) is 5.33. The van der Waals surface area contributed by atoms with E-state index in [1.165, 1.54) is 58.8 Å². The number of hydrogen-bond acceptors (Lipinski definition) is 17. The van der Waals surface area contributed by atoms with E-state index in [4.69, 9.17) is 19.5 Å². The molecule has 27 heteroatoms. The van der Waals surface area contributed by atoms with E-state index in [9.17, 15) is 53.1 Å². The molecule has 60 heavy (non-hydrogen) atoms. The number of aromatic nitrogens is 4. The maximum Gasteiger partial charge on any atom is 0.481 e. The maximum absolute atomic E-state index is 12.7. The summed E-state index contributed by atoms with van der Waals surface area (Å²) in [6.07, 6.45) is 4.32. The molecule has 8 atom stereocenters. The summed E-state index contributed by atoms with van der Waals surface area (Å²) in [5.74, 6) is -0.496. The topological polar surface area (TPSA) is 347 Å². The van der Waals surface area contributed by atoms with Gasteiger partial charge in [0.2, 0.25) is 11.8 Å². The van der Waals surface area contributed by atoms with Gasteiger partial charge in [-0.3, -0.25) is 27.7 Å². The summed E-state index contributed by atoms with van der Waals surface area (Å²) in [5, 5.41) is 27.3. The number of nitrogen functional groups attached to an aromatic ring is 1. The average Bonchev–Trinajstić information content (AvgIpc) is 3.73. The van der Waals surface area contributed by atoms with Crippen molar-refractivity contribution in [2.45, 2.75) is 128 Å². The van der Waals surface area contributed by atoms with E-state index in [-0.39, 0.29) is 35.9 Å². The van der Waals surface area contributed by atoms with Crippen molar-refractivity contribution in [2.24, 2.45) is 5.41 Å². The number of unbranched alkanes of at least 4 members (excludes halogenated alkanes) is 6. The first-order chi connectivity index (χ1) is 28.1. The van der Waals surface area contributed by atoms with Crippen LogP contribution in [0.5, 0.6) is 0 Å². The number of anilines is 1. The van der Waals surface area contributed by atoms with E-state index >= 15 is 0 Å². The summed E-state index contributed by atoms with van der Waals surface area (Å²) in [5.41, 5.74) is 4.34. The number of carbonyl (C=O) groups is 2. The molecule has 0 aliphatic carbocycles. The van der Waals surface area contributed by atoms with Crippen molar-refractivity contribution in [2.75, 3.05) is 37.8 Å². The van der Waals surface area contributed by atoms with Gasteiger partial charge >= 0.3 is 23.5 Å². The van der Waals surface area contributed by atoms with Gasteiger partial charge in [-0.25, -0.2) is 28.6 Å². The third-order valence-electron chi connectivity index (χ3n) is 9.44. The molecular formula is C33H60N7O16P3S. The molecule has 344 valence electrons. The molecule has 1 aliphatic rings. The van der Waals surface area contributed by atoms with E-state index in [1.54, 1.807) is 0 Å². The summed E-state index contributed by atoms with van der Waals surface area (Å²) < 4.78 is 62.4. The van der Waals surface area contributed by atoms with Gasteiger partial charge in [0, 0.05) is 35.9 Å². The number of aliphatic hydroxyl groups excluding tert-OH is 2. The van der Waals surface area contributed by atoms with E-state index in [0.29, 0.717) is 11.8 Å². The number of imidazole rings is 1. The molecule has 2 aromatic rings. The standard InChI is InChI=1S/C33H60N7O16P3S/c1-5-7-8-9-10-11-12-13-22(6-2)60-17-16-35-24(41)14-15-36-31(44)28(43)33(3,4)19-53-59(50,51)56-58(48,49)52-18-23-27(55-57(45,46)47)26(42)32(54-23)40-21-39-25-29(34)37-20-38-30(25)40/h20-23,26-28,32,42-43H,5-19H2,1-4H3,(H,35,41)(H,36,44)(H,48,49)(H,50,51)(H2,34,37,38)(H2,45,46,47)/t22?,23-,26-,27-,28+,32-/m1/s1. The Morgan fingerprint density at radius 2 is 1.65 bits per heavy atom. The summed E-state index contributed by atoms with van der Waals surface area (Å²) >= 11 is 1.83. The normalized spacial score (nSPS) is 21.6. The summed E-state index contributed by atoms with van der Waals surface area (Å²) in [4.78, 5) is 76.1. The third-order valence-corrected chi connectivity index (χ3v) is 14.0. The number of carbonyl (C=O) groups excluding carboxylic acids is 2. The molecule has 3 rings (SSSR count). The molecule has 0 saturated carbocycles. The fraction of sp³-hybridized carbons (Fsp3) is 0.788. The van der Waals surface area contributed by atoms with Crippen LogP contribution in [0.2, 0.25) is 0 Å². The van der Waals surface area contributed by atoms with Gasteiger partial charge in [-0.2, -0.15) is 16.1 Å². The molecule has 3 unspecified atom stereocenters. The predicted octanol–water partition coefficient (Wildman–Crippen LogP) is 3.06. The Labute approximate surface area is 352 Å². The molecule has 0 aromatic carbocycles.